The van der Waals surface area contributed by atoms with Crippen molar-refractivity contribution in [3.8, 4) is 0 Å². The van der Waals surface area contributed by atoms with Gasteiger partial charge in [0.2, 0.25) is 0 Å². The Morgan fingerprint density at radius 2 is 1.22 bits per heavy atom. The summed E-state index contributed by atoms with van der Waals surface area (Å²) in [4.78, 5) is 22.4. The van der Waals surface area contributed by atoms with E-state index in [9.17, 15) is 9.59 Å². The van der Waals surface area contributed by atoms with E-state index in [1.807, 2.05) is 0 Å². The first-order valence-corrected chi connectivity index (χ1v) is 7.01. The highest BCUT2D eigenvalue weighted by atomic mass is 35.5. The summed E-state index contributed by atoms with van der Waals surface area (Å²) in [5, 5.41) is -1.25. The van der Waals surface area contributed by atoms with E-state index >= 15 is 0 Å². The third-order valence-corrected chi connectivity index (χ3v) is 3.04. The molecule has 0 N–H and O–H groups in total. The number of alkyl halides is 2. The molecule has 0 heterocycles. The number of ether oxygens (including phenoxy) is 2. The molecule has 0 rings (SSSR count). The van der Waals surface area contributed by atoms with Crippen molar-refractivity contribution in [2.75, 3.05) is 13.2 Å². The fraction of sp³-hybridized carbons (Fsp3) is 0.833. The molecule has 0 spiro atoms. The van der Waals surface area contributed by atoms with Crippen LogP contribution in [0.1, 0.15) is 39.5 Å². The minimum absolute atomic E-state index is 0.328. The molecule has 0 aliphatic rings. The Labute approximate surface area is 118 Å². The smallest absolute Gasteiger partial charge is 0.324 e. The zero-order valence-corrected chi connectivity index (χ0v) is 12.3. The molecular weight excluding hydrogens is 279 g/mol. The molecule has 0 radical (unpaired) electrons. The van der Waals surface area contributed by atoms with Crippen LogP contribution in [0.5, 0.6) is 0 Å². The van der Waals surface area contributed by atoms with Crippen LogP contribution in [0.15, 0.2) is 0 Å². The summed E-state index contributed by atoms with van der Waals surface area (Å²) in [6, 6.07) is 0. The van der Waals surface area contributed by atoms with Gasteiger partial charge in [-0.25, -0.2) is 0 Å². The molecule has 0 bridgehead atoms. The third-order valence-electron chi connectivity index (χ3n) is 2.25. The fourth-order valence-corrected chi connectivity index (χ4v) is 1.78. The maximum absolute atomic E-state index is 11.2. The summed E-state index contributed by atoms with van der Waals surface area (Å²) in [5.41, 5.74) is 0. The maximum atomic E-state index is 11.2. The van der Waals surface area contributed by atoms with Crippen LogP contribution in [-0.4, -0.2) is 35.9 Å². The number of esters is 2. The van der Waals surface area contributed by atoms with Crippen LogP contribution in [0.3, 0.4) is 0 Å². The SMILES string of the molecule is CCOC(=O)C(Cl)CCCCC(Cl)C(=O)OCC. The summed E-state index contributed by atoms with van der Waals surface area (Å²) in [5.74, 6) is -0.793. The minimum Gasteiger partial charge on any atom is -0.465 e. The lowest BCUT2D eigenvalue weighted by Crippen LogP contribution is -2.19. The second-order valence-electron chi connectivity index (χ2n) is 3.72. The Bertz CT molecular complexity index is 232. The molecule has 2 unspecified atom stereocenters. The first-order chi connectivity index (χ1) is 8.52. The molecule has 18 heavy (non-hydrogen) atoms. The summed E-state index contributed by atoms with van der Waals surface area (Å²) < 4.78 is 9.56. The first kappa shape index (κ1) is 17.5. The van der Waals surface area contributed by atoms with Crippen molar-refractivity contribution >= 4 is 35.1 Å². The van der Waals surface area contributed by atoms with Crippen LogP contribution in [0.2, 0.25) is 0 Å². The molecule has 0 saturated carbocycles. The van der Waals surface area contributed by atoms with E-state index in [4.69, 9.17) is 32.7 Å². The van der Waals surface area contributed by atoms with Crippen LogP contribution in [0, 0.1) is 0 Å². The Balaban J connectivity index is 3.66. The first-order valence-electron chi connectivity index (χ1n) is 6.14. The van der Waals surface area contributed by atoms with Crippen molar-refractivity contribution in [1.29, 1.82) is 0 Å². The molecule has 0 amide bonds. The number of carbonyl (C=O) groups is 2. The standard InChI is InChI=1S/C12H20Cl2O4/c1-3-17-11(15)9(13)7-5-6-8-10(14)12(16)18-4-2/h9-10H,3-8H2,1-2H3. The van der Waals surface area contributed by atoms with Crippen LogP contribution in [0.4, 0.5) is 0 Å². The highest BCUT2D eigenvalue weighted by molar-refractivity contribution is 6.30. The number of rotatable bonds is 9. The van der Waals surface area contributed by atoms with E-state index in [-0.39, 0.29) is 0 Å². The summed E-state index contributed by atoms with van der Waals surface area (Å²) in [6.45, 7) is 4.13. The monoisotopic (exact) mass is 298 g/mol. The Kier molecular flexibility index (Phi) is 10.2. The predicted octanol–water partition coefficient (Wildman–Crippen LogP) is 2.89. The lowest BCUT2D eigenvalue weighted by molar-refractivity contribution is -0.144. The molecule has 2 atom stereocenters. The lowest BCUT2D eigenvalue weighted by atomic mass is 10.1. The number of hydrogen-bond donors (Lipinski definition) is 0. The van der Waals surface area contributed by atoms with Gasteiger partial charge in [0.15, 0.2) is 0 Å². The van der Waals surface area contributed by atoms with Crippen molar-refractivity contribution in [2.45, 2.75) is 50.3 Å². The van der Waals surface area contributed by atoms with E-state index in [1.54, 1.807) is 13.8 Å². The molecule has 0 saturated heterocycles. The Morgan fingerprint density at radius 3 is 1.50 bits per heavy atom. The van der Waals surface area contributed by atoms with Gasteiger partial charge in [0.05, 0.1) is 13.2 Å². The van der Waals surface area contributed by atoms with Crippen LogP contribution in [0.25, 0.3) is 0 Å². The van der Waals surface area contributed by atoms with Crippen molar-refractivity contribution in [2.24, 2.45) is 0 Å². The normalized spacial score (nSPS) is 13.8. The molecule has 6 heteroatoms. The van der Waals surface area contributed by atoms with Crippen molar-refractivity contribution in [3.63, 3.8) is 0 Å². The predicted molar refractivity (Wildman–Crippen MR) is 71.0 cm³/mol. The molecule has 0 aromatic heterocycles. The van der Waals surface area contributed by atoms with E-state index in [0.717, 1.165) is 12.8 Å². The summed E-state index contributed by atoms with van der Waals surface area (Å²) >= 11 is 11.7. The van der Waals surface area contributed by atoms with Crippen molar-refractivity contribution in [3.05, 3.63) is 0 Å². The molecule has 4 nitrogen and oxygen atoms in total. The molecular formula is C12H20Cl2O4. The van der Waals surface area contributed by atoms with Crippen molar-refractivity contribution < 1.29 is 19.1 Å². The highest BCUT2D eigenvalue weighted by Gasteiger charge is 2.18. The molecule has 0 aliphatic heterocycles. The van der Waals surface area contributed by atoms with Gasteiger partial charge in [-0.3, -0.25) is 9.59 Å². The van der Waals surface area contributed by atoms with Gasteiger partial charge < -0.3 is 9.47 Å². The number of hydrogen-bond acceptors (Lipinski definition) is 4. The van der Waals surface area contributed by atoms with Gasteiger partial charge in [0.1, 0.15) is 10.8 Å². The van der Waals surface area contributed by atoms with Gasteiger partial charge >= 0.3 is 11.9 Å². The minimum atomic E-state index is -0.624. The Hall–Kier alpha value is -0.480. The number of unbranched alkanes of at least 4 members (excludes halogenated alkanes) is 1. The second kappa shape index (κ2) is 10.4. The van der Waals surface area contributed by atoms with E-state index in [2.05, 4.69) is 0 Å². The molecule has 0 fully saturated rings. The van der Waals surface area contributed by atoms with Gasteiger partial charge in [0.25, 0.3) is 0 Å². The maximum Gasteiger partial charge on any atom is 0.324 e. The lowest BCUT2D eigenvalue weighted by Gasteiger charge is -2.10. The fourth-order valence-electron chi connectivity index (χ4n) is 1.35. The zero-order chi connectivity index (χ0) is 14.0. The summed E-state index contributed by atoms with van der Waals surface area (Å²) in [6.07, 6.45) is 2.48. The second-order valence-corrected chi connectivity index (χ2v) is 4.78. The average molecular weight is 299 g/mol. The molecule has 0 aromatic rings. The van der Waals surface area contributed by atoms with Gasteiger partial charge in [-0.05, 0) is 26.7 Å². The van der Waals surface area contributed by atoms with Crippen LogP contribution < -0.4 is 0 Å². The van der Waals surface area contributed by atoms with Crippen molar-refractivity contribution in [1.82, 2.24) is 0 Å². The van der Waals surface area contributed by atoms with E-state index < -0.39 is 22.7 Å². The van der Waals surface area contributed by atoms with Crippen LogP contribution >= 0.6 is 23.2 Å². The number of carbonyl (C=O) groups excluding carboxylic acids is 2. The topological polar surface area (TPSA) is 52.6 Å². The van der Waals surface area contributed by atoms with E-state index in [0.29, 0.717) is 26.1 Å². The largest absolute Gasteiger partial charge is 0.465 e. The van der Waals surface area contributed by atoms with Gasteiger partial charge in [-0.2, -0.15) is 0 Å². The quantitative estimate of drug-likeness (QED) is 0.373. The zero-order valence-electron chi connectivity index (χ0n) is 10.8. The molecule has 0 aliphatic carbocycles. The summed E-state index contributed by atoms with van der Waals surface area (Å²) in [7, 11) is 0. The van der Waals surface area contributed by atoms with Gasteiger partial charge in [-0.1, -0.05) is 12.8 Å². The highest BCUT2D eigenvalue weighted by Crippen LogP contribution is 2.14. The molecule has 0 aromatic carbocycles. The van der Waals surface area contributed by atoms with E-state index in [1.165, 1.54) is 0 Å². The van der Waals surface area contributed by atoms with Crippen LogP contribution in [-0.2, 0) is 19.1 Å². The molecule has 106 valence electrons. The third kappa shape index (κ3) is 7.77. The van der Waals surface area contributed by atoms with Gasteiger partial charge in [-0.15, -0.1) is 23.2 Å². The van der Waals surface area contributed by atoms with Gasteiger partial charge in [0, 0.05) is 0 Å². The number of halogens is 2. The average Bonchev–Trinajstić information content (AvgIpc) is 2.34. The Morgan fingerprint density at radius 1 is 0.889 bits per heavy atom.